The van der Waals surface area contributed by atoms with Gasteiger partial charge in [0.2, 0.25) is 0 Å². The number of likely N-dealkylation sites (tertiary alicyclic amines) is 1. The van der Waals surface area contributed by atoms with Crippen molar-refractivity contribution in [1.82, 2.24) is 24.8 Å². The highest BCUT2D eigenvalue weighted by Gasteiger charge is 2.26. The summed E-state index contributed by atoms with van der Waals surface area (Å²) >= 11 is 18.3. The van der Waals surface area contributed by atoms with Crippen LogP contribution in [0.5, 0.6) is 0 Å². The van der Waals surface area contributed by atoms with Crippen LogP contribution in [0.1, 0.15) is 23.2 Å². The highest BCUT2D eigenvalue weighted by molar-refractivity contribution is 6.36. The average molecular weight is 534 g/mol. The standard InChI is InChI=1S/C24H20Cl3FN6O/c25-14-3-4-16(19(27)7-14)24(35)34-5-1-2-13(12-34)8-29-23-20(28)11-32-22(33-23)18-10-31-21-17(18)6-15(26)9-30-21/h3-4,6-7,9-11,13H,1-2,5,8,12H2,(H,30,31)(H,29,32,33)/t13-/m0/s1. The zero-order valence-electron chi connectivity index (χ0n) is 18.4. The van der Waals surface area contributed by atoms with Gasteiger partial charge in [-0.25, -0.2) is 19.3 Å². The molecule has 35 heavy (non-hydrogen) atoms. The summed E-state index contributed by atoms with van der Waals surface area (Å²) in [6.45, 7) is 1.61. The highest BCUT2D eigenvalue weighted by atomic mass is 35.5. The zero-order valence-corrected chi connectivity index (χ0v) is 20.6. The summed E-state index contributed by atoms with van der Waals surface area (Å²) in [6, 6.07) is 6.61. The average Bonchev–Trinajstić information content (AvgIpc) is 3.26. The number of anilines is 1. The van der Waals surface area contributed by atoms with Gasteiger partial charge in [0.25, 0.3) is 5.91 Å². The van der Waals surface area contributed by atoms with Crippen LogP contribution in [0, 0.1) is 11.7 Å². The van der Waals surface area contributed by atoms with Crippen molar-refractivity contribution < 1.29 is 9.18 Å². The fourth-order valence-electron chi connectivity index (χ4n) is 4.27. The molecule has 0 spiro atoms. The lowest BCUT2D eigenvalue weighted by molar-refractivity contribution is 0.0680. The van der Waals surface area contributed by atoms with Gasteiger partial charge in [0.05, 0.1) is 21.8 Å². The van der Waals surface area contributed by atoms with Gasteiger partial charge in [-0.05, 0) is 43.0 Å². The monoisotopic (exact) mass is 532 g/mol. The van der Waals surface area contributed by atoms with Gasteiger partial charge >= 0.3 is 0 Å². The van der Waals surface area contributed by atoms with Crippen molar-refractivity contribution in [3.63, 3.8) is 0 Å². The number of H-pyrrole nitrogens is 1. The fourth-order valence-corrected chi connectivity index (χ4v) is 4.92. The summed E-state index contributed by atoms with van der Waals surface area (Å²) in [5, 5.41) is 5.14. The predicted octanol–water partition coefficient (Wildman–Crippen LogP) is 6.08. The van der Waals surface area contributed by atoms with Crippen molar-refractivity contribution in [3.05, 3.63) is 69.3 Å². The van der Waals surface area contributed by atoms with Crippen LogP contribution in [0.2, 0.25) is 15.1 Å². The molecule has 7 nitrogen and oxygen atoms in total. The summed E-state index contributed by atoms with van der Waals surface area (Å²) in [6.07, 6.45) is 6.14. The number of amides is 1. The van der Waals surface area contributed by atoms with Gasteiger partial charge < -0.3 is 15.2 Å². The van der Waals surface area contributed by atoms with Crippen molar-refractivity contribution in [3.8, 4) is 11.4 Å². The molecule has 11 heteroatoms. The molecule has 5 rings (SSSR count). The van der Waals surface area contributed by atoms with Crippen LogP contribution in [0.15, 0.2) is 42.9 Å². The Labute approximate surface area is 215 Å². The maximum Gasteiger partial charge on any atom is 0.255 e. The van der Waals surface area contributed by atoms with E-state index in [9.17, 15) is 9.18 Å². The number of halogens is 4. The third-order valence-corrected chi connectivity index (χ3v) is 6.76. The van der Waals surface area contributed by atoms with E-state index in [1.165, 1.54) is 0 Å². The Morgan fingerprint density at radius 1 is 1.17 bits per heavy atom. The number of rotatable bonds is 5. The van der Waals surface area contributed by atoms with E-state index in [2.05, 4.69) is 25.3 Å². The Bertz CT molecular complexity index is 1410. The Kier molecular flexibility index (Phi) is 6.77. The SMILES string of the molecule is O=C(c1ccc(Cl)cc1Cl)N1CCC[C@@H](CNc2nc(-c3c[nH]c4ncc(Cl)cc34)ncc2F)C1. The molecule has 0 bridgehead atoms. The normalized spacial score (nSPS) is 16.0. The van der Waals surface area contributed by atoms with Crippen LogP contribution in [-0.2, 0) is 0 Å². The van der Waals surface area contributed by atoms with Crippen LogP contribution in [0.3, 0.4) is 0 Å². The van der Waals surface area contributed by atoms with E-state index in [1.54, 1.807) is 41.6 Å². The van der Waals surface area contributed by atoms with E-state index < -0.39 is 5.82 Å². The lowest BCUT2D eigenvalue weighted by atomic mass is 9.97. The van der Waals surface area contributed by atoms with E-state index in [0.717, 1.165) is 24.4 Å². The molecular formula is C24H20Cl3FN6O. The number of hydrogen-bond donors (Lipinski definition) is 2. The maximum atomic E-state index is 14.5. The quantitative estimate of drug-likeness (QED) is 0.324. The number of carbonyl (C=O) groups is 1. The molecule has 1 aliphatic heterocycles. The Morgan fingerprint density at radius 3 is 2.86 bits per heavy atom. The number of benzene rings is 1. The largest absolute Gasteiger partial charge is 0.367 e. The molecule has 1 atom stereocenters. The minimum Gasteiger partial charge on any atom is -0.367 e. The van der Waals surface area contributed by atoms with Crippen molar-refractivity contribution in [2.45, 2.75) is 12.8 Å². The Balaban J connectivity index is 1.29. The molecule has 1 amide bonds. The Hall–Kier alpha value is -2.94. The van der Waals surface area contributed by atoms with Gasteiger partial charge in [0.15, 0.2) is 17.5 Å². The number of aromatic nitrogens is 4. The first-order valence-corrected chi connectivity index (χ1v) is 12.2. The molecule has 0 aliphatic carbocycles. The fraction of sp³-hybridized carbons (Fsp3) is 0.250. The van der Waals surface area contributed by atoms with Gasteiger partial charge in [-0.15, -0.1) is 0 Å². The van der Waals surface area contributed by atoms with E-state index >= 15 is 0 Å². The topological polar surface area (TPSA) is 86.8 Å². The number of nitrogens with zero attached hydrogens (tertiary/aromatic N) is 4. The summed E-state index contributed by atoms with van der Waals surface area (Å²) in [5.74, 6) is -0.127. The number of aromatic amines is 1. The van der Waals surface area contributed by atoms with E-state index in [4.69, 9.17) is 34.8 Å². The minimum absolute atomic E-state index is 0.100. The molecule has 1 fully saturated rings. The molecule has 2 N–H and O–H groups in total. The molecule has 0 radical (unpaired) electrons. The van der Waals surface area contributed by atoms with Gasteiger partial charge in [-0.2, -0.15) is 0 Å². The number of piperidine rings is 1. The molecule has 1 aromatic carbocycles. The number of fused-ring (bicyclic) bond motifs is 1. The molecule has 3 aromatic heterocycles. The molecule has 1 aliphatic rings. The van der Waals surface area contributed by atoms with Crippen LogP contribution in [-0.4, -0.2) is 50.4 Å². The highest BCUT2D eigenvalue weighted by Crippen LogP contribution is 2.29. The summed E-state index contributed by atoms with van der Waals surface area (Å²) < 4.78 is 14.5. The van der Waals surface area contributed by atoms with Crippen molar-refractivity contribution >= 4 is 57.6 Å². The molecule has 180 valence electrons. The second kappa shape index (κ2) is 9.97. The van der Waals surface area contributed by atoms with Crippen molar-refractivity contribution in [2.24, 2.45) is 5.92 Å². The molecule has 1 saturated heterocycles. The van der Waals surface area contributed by atoms with Crippen LogP contribution in [0.25, 0.3) is 22.4 Å². The van der Waals surface area contributed by atoms with E-state index in [1.807, 2.05) is 0 Å². The Morgan fingerprint density at radius 2 is 2.03 bits per heavy atom. The van der Waals surface area contributed by atoms with E-state index in [-0.39, 0.29) is 17.6 Å². The summed E-state index contributed by atoms with van der Waals surface area (Å²) in [7, 11) is 0. The minimum atomic E-state index is -0.554. The summed E-state index contributed by atoms with van der Waals surface area (Å²) in [5.41, 5.74) is 1.73. The molecule has 0 saturated carbocycles. The second-order valence-electron chi connectivity index (χ2n) is 8.41. The lowest BCUT2D eigenvalue weighted by Crippen LogP contribution is -2.42. The predicted molar refractivity (Wildman–Crippen MR) is 136 cm³/mol. The molecule has 0 unspecified atom stereocenters. The maximum absolute atomic E-state index is 14.5. The number of carbonyl (C=O) groups excluding carboxylic acids is 1. The number of hydrogen-bond acceptors (Lipinski definition) is 5. The van der Waals surface area contributed by atoms with Gasteiger partial charge in [-0.1, -0.05) is 34.8 Å². The second-order valence-corrected chi connectivity index (χ2v) is 9.69. The zero-order chi connectivity index (χ0) is 24.5. The molecule has 4 heterocycles. The van der Waals surface area contributed by atoms with Gasteiger partial charge in [-0.3, -0.25) is 4.79 Å². The van der Waals surface area contributed by atoms with Crippen LogP contribution < -0.4 is 5.32 Å². The first kappa shape index (κ1) is 23.8. The first-order chi connectivity index (χ1) is 16.9. The lowest BCUT2D eigenvalue weighted by Gasteiger charge is -2.33. The smallest absolute Gasteiger partial charge is 0.255 e. The third kappa shape index (κ3) is 5.05. The molecular weight excluding hydrogens is 514 g/mol. The number of nitrogens with one attached hydrogen (secondary N) is 2. The molecule has 4 aromatic rings. The van der Waals surface area contributed by atoms with Gasteiger partial charge in [0.1, 0.15) is 5.65 Å². The van der Waals surface area contributed by atoms with E-state index in [0.29, 0.717) is 57.3 Å². The van der Waals surface area contributed by atoms with Crippen LogP contribution >= 0.6 is 34.8 Å². The van der Waals surface area contributed by atoms with Gasteiger partial charge in [0, 0.05) is 48.0 Å². The summed E-state index contributed by atoms with van der Waals surface area (Å²) in [4.78, 5) is 30.6. The van der Waals surface area contributed by atoms with Crippen LogP contribution in [0.4, 0.5) is 10.2 Å². The number of pyridine rings is 1. The van der Waals surface area contributed by atoms with Crippen molar-refractivity contribution in [1.29, 1.82) is 0 Å². The van der Waals surface area contributed by atoms with Crippen molar-refractivity contribution in [2.75, 3.05) is 25.0 Å². The first-order valence-electron chi connectivity index (χ1n) is 11.0. The third-order valence-electron chi connectivity index (χ3n) is 6.01.